The SMILES string of the molecule is S=CN/C=C/NC=S.S=CN/C=C/NC=S.S=CN/C=C/NC=S.[B].[B].[B].[B].[B].[B]. The highest BCUT2D eigenvalue weighted by Gasteiger charge is 1.62. The summed E-state index contributed by atoms with van der Waals surface area (Å²) in [6.45, 7) is 0. The van der Waals surface area contributed by atoms with Crippen LogP contribution in [0.2, 0.25) is 0 Å². The number of hydrogen-bond donors (Lipinski definition) is 6. The lowest BCUT2D eigenvalue weighted by Gasteiger charge is -1.84. The van der Waals surface area contributed by atoms with Crippen molar-refractivity contribution in [1.29, 1.82) is 0 Å². The van der Waals surface area contributed by atoms with E-state index >= 15 is 0 Å². The Morgan fingerprint density at radius 3 is 0.433 bits per heavy atom. The first kappa shape index (κ1) is 56.8. The van der Waals surface area contributed by atoms with Crippen LogP contribution in [0.25, 0.3) is 0 Å². The van der Waals surface area contributed by atoms with Crippen molar-refractivity contribution in [3.05, 3.63) is 37.2 Å². The molecular formula is C12H18B6N6S6. The maximum Gasteiger partial charge on any atom is 0.0654 e. The summed E-state index contributed by atoms with van der Waals surface area (Å²) in [5.41, 5.74) is 8.43. The predicted molar refractivity (Wildman–Crippen MR) is 163 cm³/mol. The van der Waals surface area contributed by atoms with Crippen LogP contribution >= 0.6 is 73.3 Å². The van der Waals surface area contributed by atoms with Gasteiger partial charge in [0.25, 0.3) is 0 Å². The highest BCUT2D eigenvalue weighted by Crippen LogP contribution is 1.56. The van der Waals surface area contributed by atoms with Crippen molar-refractivity contribution >= 4 is 157 Å². The zero-order valence-electron chi connectivity index (χ0n) is 15.8. The van der Waals surface area contributed by atoms with Gasteiger partial charge in [-0.2, -0.15) is 0 Å². The standard InChI is InChI=1S/3C4H6N2S2.6B/c3*7-3-5-1-2-6-4-8;;;;;;/h3*1-4H,(H,5,7)(H,6,8);;;;;;/b3*2-1+;;;;;;. The topological polar surface area (TPSA) is 72.2 Å². The van der Waals surface area contributed by atoms with Crippen molar-refractivity contribution in [2.24, 2.45) is 0 Å². The molecule has 6 N–H and O–H groups in total. The molecule has 6 nitrogen and oxygen atoms in total. The van der Waals surface area contributed by atoms with Crippen molar-refractivity contribution in [3.63, 3.8) is 0 Å². The summed E-state index contributed by atoms with van der Waals surface area (Å²) < 4.78 is 0. The van der Waals surface area contributed by atoms with Crippen LogP contribution in [0.1, 0.15) is 0 Å². The van der Waals surface area contributed by atoms with Crippen LogP contribution in [0.4, 0.5) is 0 Å². The first-order valence-electron chi connectivity index (χ1n) is 5.88. The molecule has 0 saturated carbocycles. The van der Waals surface area contributed by atoms with Gasteiger partial charge in [0.15, 0.2) is 0 Å². The van der Waals surface area contributed by atoms with Gasteiger partial charge in [-0.25, -0.2) is 0 Å². The van der Waals surface area contributed by atoms with Gasteiger partial charge < -0.3 is 31.9 Å². The van der Waals surface area contributed by atoms with Crippen LogP contribution in [-0.4, -0.2) is 83.4 Å². The van der Waals surface area contributed by atoms with Gasteiger partial charge in [0.05, 0.1) is 32.9 Å². The van der Waals surface area contributed by atoms with Crippen molar-refractivity contribution in [1.82, 2.24) is 31.9 Å². The third-order valence-electron chi connectivity index (χ3n) is 1.24. The largest absolute Gasteiger partial charge is 0.357 e. The molecule has 0 amide bonds. The fourth-order valence-corrected chi connectivity index (χ4v) is 0.996. The number of nitrogens with one attached hydrogen (secondary N) is 6. The van der Waals surface area contributed by atoms with E-state index in [1.54, 1.807) is 37.2 Å². The van der Waals surface area contributed by atoms with Crippen molar-refractivity contribution < 1.29 is 0 Å². The molecule has 150 valence electrons. The van der Waals surface area contributed by atoms with Crippen LogP contribution in [-0.2, 0) is 0 Å². The highest BCUT2D eigenvalue weighted by atomic mass is 32.1. The Labute approximate surface area is 224 Å². The van der Waals surface area contributed by atoms with Crippen LogP contribution in [0.15, 0.2) is 37.2 Å². The Kier molecular flexibility index (Phi) is 134. The van der Waals surface area contributed by atoms with Gasteiger partial charge in [0, 0.05) is 87.7 Å². The van der Waals surface area contributed by atoms with Gasteiger partial charge in [-0.3, -0.25) is 0 Å². The average Bonchev–Trinajstić information content (AvgIpc) is 2.61. The van der Waals surface area contributed by atoms with E-state index in [1.165, 1.54) is 32.9 Å². The highest BCUT2D eigenvalue weighted by molar-refractivity contribution is 7.79. The average molecular weight is 504 g/mol. The summed E-state index contributed by atoms with van der Waals surface area (Å²) in [6, 6.07) is 0. The third-order valence-corrected chi connectivity index (χ3v) is 2.05. The second-order valence-electron chi connectivity index (χ2n) is 2.71. The second-order valence-corrected chi connectivity index (χ2v) is 4.12. The Morgan fingerprint density at radius 1 is 0.267 bits per heavy atom. The Balaban J connectivity index is -0.0000000286. The third kappa shape index (κ3) is 93.3. The number of rotatable bonds is 12. The van der Waals surface area contributed by atoms with Gasteiger partial charge in [-0.05, 0) is 0 Å². The van der Waals surface area contributed by atoms with Crippen LogP contribution in [0, 0.1) is 0 Å². The van der Waals surface area contributed by atoms with E-state index in [9.17, 15) is 0 Å². The molecule has 0 aliphatic heterocycles. The molecule has 0 aliphatic rings. The fourth-order valence-electron chi connectivity index (χ4n) is 0.524. The molecule has 0 spiro atoms. The van der Waals surface area contributed by atoms with E-state index in [-0.39, 0.29) is 50.5 Å². The molecule has 0 saturated heterocycles. The molecule has 0 atom stereocenters. The van der Waals surface area contributed by atoms with E-state index in [0.717, 1.165) is 0 Å². The molecule has 0 aliphatic carbocycles. The van der Waals surface area contributed by atoms with Crippen molar-refractivity contribution in [3.8, 4) is 0 Å². The molecular weight excluding hydrogens is 485 g/mol. The van der Waals surface area contributed by atoms with E-state index in [0.29, 0.717) is 0 Å². The first-order valence-corrected chi connectivity index (χ1v) is 8.71. The normalized spacial score (nSPS) is 6.80. The lowest BCUT2D eigenvalue weighted by atomic mass is 10.8. The van der Waals surface area contributed by atoms with Gasteiger partial charge in [-0.1, -0.05) is 73.3 Å². The Hall–Kier alpha value is -1.05. The molecule has 0 unspecified atom stereocenters. The van der Waals surface area contributed by atoms with Crippen LogP contribution in [0.5, 0.6) is 0 Å². The van der Waals surface area contributed by atoms with E-state index in [2.05, 4.69) is 105 Å². The molecule has 0 bridgehead atoms. The zero-order chi connectivity index (χ0) is 18.7. The zero-order valence-corrected chi connectivity index (χ0v) is 20.7. The summed E-state index contributed by atoms with van der Waals surface area (Å²) in [5, 5.41) is 16.0. The minimum Gasteiger partial charge on any atom is -0.357 e. The minimum absolute atomic E-state index is 0. The molecule has 0 aromatic heterocycles. The summed E-state index contributed by atoms with van der Waals surface area (Å²) in [7, 11) is 0. The summed E-state index contributed by atoms with van der Waals surface area (Å²) in [5.74, 6) is 0. The summed E-state index contributed by atoms with van der Waals surface area (Å²) in [6.07, 6.45) is 9.89. The minimum atomic E-state index is 0. The molecule has 30 heavy (non-hydrogen) atoms. The van der Waals surface area contributed by atoms with Crippen molar-refractivity contribution in [2.45, 2.75) is 0 Å². The van der Waals surface area contributed by atoms with E-state index < -0.39 is 0 Å². The summed E-state index contributed by atoms with van der Waals surface area (Å²) >= 11 is 26.7. The van der Waals surface area contributed by atoms with Gasteiger partial charge >= 0.3 is 0 Å². The lowest BCUT2D eigenvalue weighted by molar-refractivity contribution is 1.26. The Bertz CT molecular complexity index is 348. The fraction of sp³-hybridized carbons (Fsp3) is 0. The van der Waals surface area contributed by atoms with Crippen LogP contribution in [0.3, 0.4) is 0 Å². The molecule has 0 rings (SSSR count). The molecule has 18 radical (unpaired) electrons. The smallest absolute Gasteiger partial charge is 0.0654 e. The maximum absolute atomic E-state index is 4.45. The van der Waals surface area contributed by atoms with Crippen molar-refractivity contribution in [2.75, 3.05) is 0 Å². The van der Waals surface area contributed by atoms with Crippen LogP contribution < -0.4 is 31.9 Å². The molecule has 0 fully saturated rings. The quantitative estimate of drug-likeness (QED) is 0.152. The number of thiocarbonyl (C=S) groups is 6. The van der Waals surface area contributed by atoms with E-state index in [1.807, 2.05) is 0 Å². The van der Waals surface area contributed by atoms with Gasteiger partial charge in [-0.15, -0.1) is 0 Å². The van der Waals surface area contributed by atoms with E-state index in [4.69, 9.17) is 0 Å². The van der Waals surface area contributed by atoms with Gasteiger partial charge in [0.1, 0.15) is 0 Å². The molecule has 0 aromatic rings. The predicted octanol–water partition coefficient (Wildman–Crippen LogP) is -0.631. The molecule has 0 heterocycles. The first-order chi connectivity index (χ1) is 11.7. The van der Waals surface area contributed by atoms with Gasteiger partial charge in [0.2, 0.25) is 0 Å². The molecule has 0 aromatic carbocycles. The summed E-state index contributed by atoms with van der Waals surface area (Å²) in [4.78, 5) is 0. The maximum atomic E-state index is 4.45. The second kappa shape index (κ2) is 70.7. The Morgan fingerprint density at radius 2 is 0.367 bits per heavy atom. The lowest BCUT2D eigenvalue weighted by Crippen LogP contribution is -2.03. The monoisotopic (exact) mass is 504 g/mol. The molecule has 18 heteroatoms. The number of hydrogen-bond acceptors (Lipinski definition) is 6.